The number of aromatic nitrogens is 1. The average molecular weight is 399 g/mol. The summed E-state index contributed by atoms with van der Waals surface area (Å²) in [7, 11) is 0. The first-order valence-corrected chi connectivity index (χ1v) is 11.8. The van der Waals surface area contributed by atoms with E-state index in [1.165, 1.54) is 65.4 Å². The highest BCUT2D eigenvalue weighted by Crippen LogP contribution is 2.41. The van der Waals surface area contributed by atoms with Gasteiger partial charge in [0, 0.05) is 29.2 Å². The number of H-pyrrole nitrogens is 1. The van der Waals surface area contributed by atoms with E-state index in [0.717, 1.165) is 13.0 Å². The zero-order valence-electron chi connectivity index (χ0n) is 18.4. The fraction of sp³-hybridized carbons (Fsp3) is 0.429. The van der Waals surface area contributed by atoms with Crippen LogP contribution in [0.1, 0.15) is 67.8 Å². The van der Waals surface area contributed by atoms with E-state index < -0.39 is 0 Å². The lowest BCUT2D eigenvalue weighted by Gasteiger charge is -2.36. The lowest BCUT2D eigenvalue weighted by Crippen LogP contribution is -2.41. The van der Waals surface area contributed by atoms with Crippen molar-refractivity contribution in [3.8, 4) is 0 Å². The molecule has 3 aromatic rings. The van der Waals surface area contributed by atoms with Gasteiger partial charge in [-0.25, -0.2) is 0 Å². The van der Waals surface area contributed by atoms with Gasteiger partial charge in [-0.3, -0.25) is 0 Å². The van der Waals surface area contributed by atoms with Crippen molar-refractivity contribution in [3.63, 3.8) is 0 Å². The number of hydrogen-bond donors (Lipinski definition) is 2. The van der Waals surface area contributed by atoms with Crippen LogP contribution in [0.5, 0.6) is 0 Å². The van der Waals surface area contributed by atoms with Crippen molar-refractivity contribution in [1.82, 2.24) is 10.3 Å². The summed E-state index contributed by atoms with van der Waals surface area (Å²) in [6.45, 7) is 5.68. The van der Waals surface area contributed by atoms with Crippen molar-refractivity contribution in [3.05, 3.63) is 77.0 Å². The molecule has 156 valence electrons. The molecule has 0 saturated carbocycles. The van der Waals surface area contributed by atoms with E-state index in [0.29, 0.717) is 17.9 Å². The number of unbranched alkanes of at least 4 members (excludes halogenated alkanes) is 1. The maximum Gasteiger partial charge on any atom is 0.0459 e. The van der Waals surface area contributed by atoms with Crippen LogP contribution < -0.4 is 5.32 Å². The summed E-state index contributed by atoms with van der Waals surface area (Å²) in [5, 5.41) is 5.31. The highest BCUT2D eigenvalue weighted by atomic mass is 14.9. The van der Waals surface area contributed by atoms with Crippen molar-refractivity contribution in [2.45, 2.75) is 64.3 Å². The van der Waals surface area contributed by atoms with Crippen LogP contribution in [0.25, 0.3) is 16.5 Å². The minimum absolute atomic E-state index is 0.564. The molecule has 2 heterocycles. The van der Waals surface area contributed by atoms with Crippen LogP contribution in [0.3, 0.4) is 0 Å². The minimum Gasteiger partial charge on any atom is -0.358 e. The lowest BCUT2D eigenvalue weighted by atomic mass is 9.74. The van der Waals surface area contributed by atoms with Gasteiger partial charge in [-0.1, -0.05) is 62.7 Å². The molecule has 0 bridgehead atoms. The summed E-state index contributed by atoms with van der Waals surface area (Å²) in [6.07, 6.45) is 9.71. The highest BCUT2D eigenvalue weighted by molar-refractivity contribution is 5.86. The van der Waals surface area contributed by atoms with E-state index in [2.05, 4.69) is 78.8 Å². The van der Waals surface area contributed by atoms with Crippen LogP contribution in [0.15, 0.2) is 54.6 Å². The molecule has 2 nitrogen and oxygen atoms in total. The Morgan fingerprint density at radius 3 is 2.73 bits per heavy atom. The maximum absolute atomic E-state index is 3.83. The normalized spacial score (nSPS) is 23.9. The van der Waals surface area contributed by atoms with E-state index in [9.17, 15) is 0 Å². The largest absolute Gasteiger partial charge is 0.358 e. The van der Waals surface area contributed by atoms with Gasteiger partial charge in [0.25, 0.3) is 0 Å². The van der Waals surface area contributed by atoms with Crippen molar-refractivity contribution >= 4 is 16.5 Å². The Bertz CT molecular complexity index is 1040. The fourth-order valence-corrected chi connectivity index (χ4v) is 5.66. The molecule has 2 aromatic carbocycles. The van der Waals surface area contributed by atoms with Crippen molar-refractivity contribution in [1.29, 1.82) is 0 Å². The molecule has 3 atom stereocenters. The number of benzene rings is 2. The summed E-state index contributed by atoms with van der Waals surface area (Å²) in [5.74, 6) is 1.29. The number of fused-ring (bicyclic) bond motifs is 3. The molecule has 0 amide bonds. The Morgan fingerprint density at radius 2 is 1.90 bits per heavy atom. The van der Waals surface area contributed by atoms with Crippen LogP contribution in [0, 0.1) is 5.92 Å². The zero-order chi connectivity index (χ0) is 20.5. The molecule has 0 saturated heterocycles. The molecular formula is C28H34N2. The third-order valence-corrected chi connectivity index (χ3v) is 7.32. The smallest absolute Gasteiger partial charge is 0.0459 e. The van der Waals surface area contributed by atoms with Gasteiger partial charge in [-0.05, 0) is 78.3 Å². The number of nitrogens with one attached hydrogen (secondary N) is 2. The summed E-state index contributed by atoms with van der Waals surface area (Å²) in [6, 6.07) is 18.6. The minimum atomic E-state index is 0.564. The van der Waals surface area contributed by atoms with Crippen molar-refractivity contribution in [2.75, 3.05) is 6.54 Å². The zero-order valence-corrected chi connectivity index (χ0v) is 18.4. The molecule has 3 unspecified atom stereocenters. The van der Waals surface area contributed by atoms with E-state index in [-0.39, 0.29) is 0 Å². The molecule has 1 aliphatic carbocycles. The highest BCUT2D eigenvalue weighted by Gasteiger charge is 2.33. The Balaban J connectivity index is 1.40. The van der Waals surface area contributed by atoms with Crippen LogP contribution in [0.2, 0.25) is 0 Å². The van der Waals surface area contributed by atoms with Crippen LogP contribution >= 0.6 is 0 Å². The molecule has 0 radical (unpaired) electrons. The Kier molecular flexibility index (Phi) is 5.52. The molecule has 5 rings (SSSR count). The van der Waals surface area contributed by atoms with Crippen LogP contribution in [0.4, 0.5) is 0 Å². The van der Waals surface area contributed by atoms with Crippen molar-refractivity contribution in [2.24, 2.45) is 5.92 Å². The maximum atomic E-state index is 3.83. The molecule has 2 heteroatoms. The number of aromatic amines is 1. The predicted molar refractivity (Wildman–Crippen MR) is 128 cm³/mol. The molecule has 30 heavy (non-hydrogen) atoms. The van der Waals surface area contributed by atoms with Gasteiger partial charge in [0.15, 0.2) is 0 Å². The van der Waals surface area contributed by atoms with Gasteiger partial charge in [0.05, 0.1) is 0 Å². The van der Waals surface area contributed by atoms with Crippen LogP contribution in [-0.2, 0) is 12.8 Å². The second-order valence-corrected chi connectivity index (χ2v) is 9.42. The third-order valence-electron chi connectivity index (χ3n) is 7.32. The monoisotopic (exact) mass is 398 g/mol. The molecule has 0 fully saturated rings. The third kappa shape index (κ3) is 3.74. The molecular weight excluding hydrogens is 364 g/mol. The van der Waals surface area contributed by atoms with E-state index in [1.54, 1.807) is 5.56 Å². The van der Waals surface area contributed by atoms with Gasteiger partial charge in [0.1, 0.15) is 0 Å². The number of rotatable bonds is 5. The average Bonchev–Trinajstić information content (AvgIpc) is 3.17. The fourth-order valence-electron chi connectivity index (χ4n) is 5.66. The SMILES string of the molecule is CCCCc1ccc2[nH]c3c(c2c1)CC(C1CC(c2ccccc2)=CCN1)CC3C. The van der Waals surface area contributed by atoms with E-state index in [1.807, 2.05) is 0 Å². The molecule has 0 spiro atoms. The number of hydrogen-bond acceptors (Lipinski definition) is 1. The topological polar surface area (TPSA) is 27.8 Å². The second kappa shape index (κ2) is 8.43. The number of aryl methyl sites for hydroxylation is 1. The summed E-state index contributed by atoms with van der Waals surface area (Å²) in [4.78, 5) is 3.78. The van der Waals surface area contributed by atoms with Crippen molar-refractivity contribution < 1.29 is 0 Å². The first kappa shape index (κ1) is 19.6. The van der Waals surface area contributed by atoms with Gasteiger partial charge < -0.3 is 10.3 Å². The summed E-state index contributed by atoms with van der Waals surface area (Å²) >= 11 is 0. The van der Waals surface area contributed by atoms with E-state index in [4.69, 9.17) is 0 Å². The molecule has 1 aliphatic heterocycles. The van der Waals surface area contributed by atoms with Crippen LogP contribution in [-0.4, -0.2) is 17.6 Å². The molecule has 1 aromatic heterocycles. The second-order valence-electron chi connectivity index (χ2n) is 9.42. The van der Waals surface area contributed by atoms with Gasteiger partial charge >= 0.3 is 0 Å². The first-order chi connectivity index (χ1) is 14.7. The van der Waals surface area contributed by atoms with Gasteiger partial charge in [0.2, 0.25) is 0 Å². The Morgan fingerprint density at radius 1 is 1.03 bits per heavy atom. The molecule has 2 aliphatic rings. The summed E-state index contributed by atoms with van der Waals surface area (Å²) in [5.41, 5.74) is 8.80. The summed E-state index contributed by atoms with van der Waals surface area (Å²) < 4.78 is 0. The Labute approximate surface area is 180 Å². The standard InChI is InChI=1S/C28H34N2/c1-3-4-8-20-11-12-26-24(16-20)25-17-23(15-19(2)28(25)30-26)27-18-22(13-14-29-27)21-9-6-5-7-10-21/h5-7,9-13,16,19,23,27,29-30H,3-4,8,14-15,17-18H2,1-2H3. The molecule has 2 N–H and O–H groups in total. The van der Waals surface area contributed by atoms with E-state index >= 15 is 0 Å². The van der Waals surface area contributed by atoms with Gasteiger partial charge in [-0.15, -0.1) is 0 Å². The predicted octanol–water partition coefficient (Wildman–Crippen LogP) is 6.62. The quantitative estimate of drug-likeness (QED) is 0.496. The lowest BCUT2D eigenvalue weighted by molar-refractivity contribution is 0.306. The Hall–Kier alpha value is -2.32. The first-order valence-electron chi connectivity index (χ1n) is 11.8. The van der Waals surface area contributed by atoms with Gasteiger partial charge in [-0.2, -0.15) is 0 Å².